The van der Waals surface area contributed by atoms with Gasteiger partial charge >= 0.3 is 0 Å². The van der Waals surface area contributed by atoms with Crippen LogP contribution in [-0.4, -0.2) is 36.6 Å². The van der Waals surface area contributed by atoms with Crippen molar-refractivity contribution in [3.63, 3.8) is 0 Å². The van der Waals surface area contributed by atoms with E-state index in [0.717, 1.165) is 5.56 Å². The van der Waals surface area contributed by atoms with Gasteiger partial charge in [-0.2, -0.15) is 0 Å². The first kappa shape index (κ1) is 19.1. The Bertz CT molecular complexity index is 786. The minimum atomic E-state index is -0.208. The van der Waals surface area contributed by atoms with Crippen LogP contribution in [0.1, 0.15) is 38.4 Å². The summed E-state index contributed by atoms with van der Waals surface area (Å²) in [6, 6.07) is 10.4. The number of hydrogen-bond acceptors (Lipinski definition) is 4. The molecular weight excluding hydrogens is 360 g/mol. The van der Waals surface area contributed by atoms with Gasteiger partial charge in [0.25, 0.3) is 5.91 Å². The molecule has 7 heteroatoms. The van der Waals surface area contributed by atoms with Crippen LogP contribution in [0.4, 0.5) is 0 Å². The minimum Gasteiger partial charge on any atom is -0.352 e. The molecule has 0 aliphatic heterocycles. The highest BCUT2D eigenvalue weighted by molar-refractivity contribution is 7.18. The van der Waals surface area contributed by atoms with Crippen molar-refractivity contribution < 1.29 is 14.4 Å². The second kappa shape index (κ2) is 8.78. The summed E-state index contributed by atoms with van der Waals surface area (Å²) in [6.07, 6.45) is 0.256. The Hall–Kier alpha value is -2.18. The SMILES string of the molecule is CN(C)C(=O)c1cccc(CNC(=O)CCC(=O)c2ccc(Cl)s2)c1. The third-order valence-corrected chi connectivity index (χ3v) is 4.77. The number of thiophene rings is 1. The molecule has 0 aliphatic rings. The average Bonchev–Trinajstić information content (AvgIpc) is 3.03. The van der Waals surface area contributed by atoms with Crippen molar-refractivity contribution in [1.82, 2.24) is 10.2 Å². The molecule has 0 radical (unpaired) electrons. The van der Waals surface area contributed by atoms with Crippen molar-refractivity contribution >= 4 is 40.5 Å². The summed E-state index contributed by atoms with van der Waals surface area (Å²) in [6.45, 7) is 0.312. The van der Waals surface area contributed by atoms with Gasteiger partial charge < -0.3 is 10.2 Å². The summed E-state index contributed by atoms with van der Waals surface area (Å²) in [5.74, 6) is -0.389. The number of rotatable bonds is 7. The van der Waals surface area contributed by atoms with E-state index in [-0.39, 0.29) is 30.4 Å². The fourth-order valence-corrected chi connectivity index (χ4v) is 3.19. The van der Waals surface area contributed by atoms with Gasteiger partial charge in [0.1, 0.15) is 0 Å². The zero-order valence-corrected chi connectivity index (χ0v) is 15.6. The summed E-state index contributed by atoms with van der Waals surface area (Å²) in [4.78, 5) is 37.9. The van der Waals surface area contributed by atoms with Crippen LogP contribution in [0.3, 0.4) is 0 Å². The lowest BCUT2D eigenvalue weighted by molar-refractivity contribution is -0.121. The standard InChI is InChI=1S/C18H19ClN2O3S/c1-21(2)18(24)13-5-3-4-12(10-13)11-20-17(23)9-6-14(22)15-7-8-16(19)25-15/h3-5,7-8,10H,6,9,11H2,1-2H3,(H,20,23). The molecule has 1 aromatic carbocycles. The molecule has 0 atom stereocenters. The molecule has 0 fully saturated rings. The molecule has 5 nitrogen and oxygen atoms in total. The Morgan fingerprint density at radius 2 is 1.88 bits per heavy atom. The smallest absolute Gasteiger partial charge is 0.253 e. The third kappa shape index (κ3) is 5.69. The minimum absolute atomic E-state index is 0.0895. The van der Waals surface area contributed by atoms with E-state index < -0.39 is 0 Å². The lowest BCUT2D eigenvalue weighted by Gasteiger charge is -2.11. The molecule has 25 heavy (non-hydrogen) atoms. The quantitative estimate of drug-likeness (QED) is 0.751. The van der Waals surface area contributed by atoms with Gasteiger partial charge in [-0.3, -0.25) is 14.4 Å². The number of carbonyl (C=O) groups excluding carboxylic acids is 3. The first-order chi connectivity index (χ1) is 11.9. The number of carbonyl (C=O) groups is 3. The molecule has 2 aromatic rings. The van der Waals surface area contributed by atoms with Gasteiger partial charge in [-0.1, -0.05) is 23.7 Å². The lowest BCUT2D eigenvalue weighted by Crippen LogP contribution is -2.24. The number of benzene rings is 1. The van der Waals surface area contributed by atoms with E-state index in [1.54, 1.807) is 44.4 Å². The molecule has 0 saturated carbocycles. The molecular formula is C18H19ClN2O3S. The fourth-order valence-electron chi connectivity index (χ4n) is 2.18. The van der Waals surface area contributed by atoms with Crippen molar-refractivity contribution in [2.24, 2.45) is 0 Å². The third-order valence-electron chi connectivity index (χ3n) is 3.50. The number of Topliss-reactive ketones (excluding diaryl/α,β-unsaturated/α-hetero) is 1. The summed E-state index contributed by atoms with van der Waals surface area (Å²) in [5, 5.41) is 2.77. The second-order valence-electron chi connectivity index (χ2n) is 5.70. The number of ketones is 1. The van der Waals surface area contributed by atoms with Crippen molar-refractivity contribution in [3.8, 4) is 0 Å². The first-order valence-corrected chi connectivity index (χ1v) is 8.92. The summed E-state index contributed by atoms with van der Waals surface area (Å²) in [7, 11) is 3.38. The molecule has 1 N–H and O–H groups in total. The van der Waals surface area contributed by atoms with Gasteiger partial charge in [0.05, 0.1) is 9.21 Å². The van der Waals surface area contributed by atoms with Crippen LogP contribution in [0.5, 0.6) is 0 Å². The van der Waals surface area contributed by atoms with Crippen molar-refractivity contribution in [1.29, 1.82) is 0 Å². The van der Waals surface area contributed by atoms with E-state index in [9.17, 15) is 14.4 Å². The van der Waals surface area contributed by atoms with Crippen LogP contribution in [0.2, 0.25) is 4.34 Å². The second-order valence-corrected chi connectivity index (χ2v) is 7.42. The Balaban J connectivity index is 1.83. The van der Waals surface area contributed by atoms with Gasteiger partial charge in [-0.05, 0) is 29.8 Å². The lowest BCUT2D eigenvalue weighted by atomic mass is 10.1. The number of nitrogens with zero attached hydrogens (tertiary/aromatic N) is 1. The molecule has 0 spiro atoms. The average molecular weight is 379 g/mol. The fraction of sp³-hybridized carbons (Fsp3) is 0.278. The maximum Gasteiger partial charge on any atom is 0.253 e. The molecule has 0 saturated heterocycles. The van der Waals surface area contributed by atoms with Crippen LogP contribution >= 0.6 is 22.9 Å². The Morgan fingerprint density at radius 3 is 2.52 bits per heavy atom. The predicted octanol–water partition coefficient (Wildman–Crippen LogP) is 3.38. The van der Waals surface area contributed by atoms with Crippen molar-refractivity contribution in [3.05, 3.63) is 56.7 Å². The number of nitrogens with one attached hydrogen (secondary N) is 1. The van der Waals surface area contributed by atoms with Crippen LogP contribution in [0.15, 0.2) is 36.4 Å². The Kier molecular flexibility index (Phi) is 6.73. The number of halogens is 1. The van der Waals surface area contributed by atoms with E-state index in [2.05, 4.69) is 5.32 Å². The first-order valence-electron chi connectivity index (χ1n) is 7.72. The van der Waals surface area contributed by atoms with Crippen molar-refractivity contribution in [2.75, 3.05) is 14.1 Å². The van der Waals surface area contributed by atoms with E-state index in [1.807, 2.05) is 6.07 Å². The zero-order chi connectivity index (χ0) is 18.4. The Morgan fingerprint density at radius 1 is 1.12 bits per heavy atom. The number of hydrogen-bond donors (Lipinski definition) is 1. The molecule has 1 aromatic heterocycles. The van der Waals surface area contributed by atoms with Gasteiger partial charge in [0.15, 0.2) is 5.78 Å². The maximum atomic E-state index is 11.9. The topological polar surface area (TPSA) is 66.5 Å². The Labute approximate surface area is 155 Å². The van der Waals surface area contributed by atoms with Gasteiger partial charge in [0, 0.05) is 39.0 Å². The van der Waals surface area contributed by atoms with E-state index in [0.29, 0.717) is 21.3 Å². The molecule has 2 rings (SSSR count). The largest absolute Gasteiger partial charge is 0.352 e. The van der Waals surface area contributed by atoms with Crippen molar-refractivity contribution in [2.45, 2.75) is 19.4 Å². The van der Waals surface area contributed by atoms with Gasteiger partial charge in [-0.25, -0.2) is 0 Å². The van der Waals surface area contributed by atoms with E-state index in [4.69, 9.17) is 11.6 Å². The molecule has 0 aliphatic carbocycles. The van der Waals surface area contributed by atoms with Crippen LogP contribution in [0, 0.1) is 0 Å². The van der Waals surface area contributed by atoms with Gasteiger partial charge in [0.2, 0.25) is 5.91 Å². The molecule has 0 bridgehead atoms. The van der Waals surface area contributed by atoms with E-state index >= 15 is 0 Å². The van der Waals surface area contributed by atoms with Gasteiger partial charge in [-0.15, -0.1) is 11.3 Å². The van der Waals surface area contributed by atoms with Crippen LogP contribution < -0.4 is 5.32 Å². The molecule has 1 heterocycles. The van der Waals surface area contributed by atoms with E-state index in [1.165, 1.54) is 16.2 Å². The summed E-state index contributed by atoms with van der Waals surface area (Å²) in [5.41, 5.74) is 1.40. The molecule has 132 valence electrons. The highest BCUT2D eigenvalue weighted by atomic mass is 35.5. The highest BCUT2D eigenvalue weighted by Crippen LogP contribution is 2.22. The predicted molar refractivity (Wildman–Crippen MR) is 99.2 cm³/mol. The highest BCUT2D eigenvalue weighted by Gasteiger charge is 2.12. The monoisotopic (exact) mass is 378 g/mol. The molecule has 0 unspecified atom stereocenters. The summed E-state index contributed by atoms with van der Waals surface area (Å²) < 4.78 is 0.556. The normalized spacial score (nSPS) is 10.4. The maximum absolute atomic E-state index is 11.9. The summed E-state index contributed by atoms with van der Waals surface area (Å²) >= 11 is 7.01. The molecule has 2 amide bonds. The zero-order valence-electron chi connectivity index (χ0n) is 14.0. The van der Waals surface area contributed by atoms with Crippen LogP contribution in [-0.2, 0) is 11.3 Å². The number of amides is 2. The van der Waals surface area contributed by atoms with Crippen LogP contribution in [0.25, 0.3) is 0 Å².